The van der Waals surface area contributed by atoms with E-state index in [9.17, 15) is 4.79 Å². The highest BCUT2D eigenvalue weighted by molar-refractivity contribution is 6.06. The van der Waals surface area contributed by atoms with Gasteiger partial charge < -0.3 is 25.8 Å². The lowest BCUT2D eigenvalue weighted by Gasteiger charge is -2.16. The lowest BCUT2D eigenvalue weighted by atomic mass is 10.2. The molecule has 0 atom stereocenters. The van der Waals surface area contributed by atoms with E-state index in [0.717, 1.165) is 0 Å². The topological polar surface area (TPSA) is 109 Å². The number of anilines is 2. The fourth-order valence-electron chi connectivity index (χ4n) is 1.71. The Hall–Kier alpha value is -2.56. The number of amides is 1. The van der Waals surface area contributed by atoms with Crippen molar-refractivity contribution in [1.29, 1.82) is 5.26 Å². The Morgan fingerprint density at radius 2 is 1.91 bits per heavy atom. The molecule has 0 unspecified atom stereocenters. The second-order valence-corrected chi connectivity index (χ2v) is 4.49. The van der Waals surface area contributed by atoms with Crippen LogP contribution in [0, 0.1) is 11.3 Å². The minimum atomic E-state index is -0.505. The summed E-state index contributed by atoms with van der Waals surface area (Å²) in [5, 5.41) is 14.6. The molecule has 23 heavy (non-hydrogen) atoms. The smallest absolute Gasteiger partial charge is 0.267 e. The zero-order chi connectivity index (χ0) is 17.1. The molecule has 0 heterocycles. The van der Waals surface area contributed by atoms with Crippen LogP contribution in [0.3, 0.4) is 0 Å². The maximum absolute atomic E-state index is 12.0. The molecular formula is C16H22N4O3. The lowest BCUT2D eigenvalue weighted by molar-refractivity contribution is -0.131. The summed E-state index contributed by atoms with van der Waals surface area (Å²) in [5.74, 6) is -0.505. The van der Waals surface area contributed by atoms with Gasteiger partial charge in [-0.3, -0.25) is 4.79 Å². The van der Waals surface area contributed by atoms with Crippen molar-refractivity contribution in [3.63, 3.8) is 0 Å². The van der Waals surface area contributed by atoms with Gasteiger partial charge in [-0.2, -0.15) is 5.26 Å². The van der Waals surface area contributed by atoms with Crippen LogP contribution in [0.4, 0.5) is 11.4 Å². The van der Waals surface area contributed by atoms with Gasteiger partial charge in [0.25, 0.3) is 5.91 Å². The monoisotopic (exact) mass is 318 g/mol. The van der Waals surface area contributed by atoms with Crippen molar-refractivity contribution >= 4 is 17.3 Å². The first-order valence-corrected chi connectivity index (χ1v) is 7.34. The number of hydrogen-bond donors (Lipinski definition) is 3. The molecule has 1 aromatic rings. The van der Waals surface area contributed by atoms with Gasteiger partial charge in [0.1, 0.15) is 11.6 Å². The largest absolute Gasteiger partial charge is 0.399 e. The van der Waals surface area contributed by atoms with Crippen molar-refractivity contribution in [3.05, 3.63) is 36.0 Å². The maximum Gasteiger partial charge on any atom is 0.267 e. The van der Waals surface area contributed by atoms with E-state index in [2.05, 4.69) is 10.6 Å². The van der Waals surface area contributed by atoms with E-state index in [4.69, 9.17) is 20.5 Å². The van der Waals surface area contributed by atoms with Gasteiger partial charge in [-0.05, 0) is 38.1 Å². The molecule has 1 rings (SSSR count). The van der Waals surface area contributed by atoms with Crippen LogP contribution in [-0.2, 0) is 14.3 Å². The third-order valence-corrected chi connectivity index (χ3v) is 2.77. The highest BCUT2D eigenvalue weighted by atomic mass is 16.7. The summed E-state index contributed by atoms with van der Waals surface area (Å²) in [4.78, 5) is 12.0. The van der Waals surface area contributed by atoms with Crippen molar-refractivity contribution in [3.8, 4) is 6.07 Å². The number of ether oxygens (including phenoxy) is 2. The zero-order valence-electron chi connectivity index (χ0n) is 13.3. The molecule has 0 spiro atoms. The van der Waals surface area contributed by atoms with E-state index in [1.807, 2.05) is 19.9 Å². The van der Waals surface area contributed by atoms with Gasteiger partial charge >= 0.3 is 0 Å². The van der Waals surface area contributed by atoms with Crippen LogP contribution < -0.4 is 16.4 Å². The summed E-state index contributed by atoms with van der Waals surface area (Å²) in [7, 11) is 0. The molecule has 124 valence electrons. The first kappa shape index (κ1) is 18.5. The van der Waals surface area contributed by atoms with Gasteiger partial charge in [0.2, 0.25) is 0 Å². The van der Waals surface area contributed by atoms with Crippen molar-refractivity contribution < 1.29 is 14.3 Å². The van der Waals surface area contributed by atoms with Gasteiger partial charge in [0, 0.05) is 30.8 Å². The molecule has 1 amide bonds. The quantitative estimate of drug-likeness (QED) is 0.276. The Labute approximate surface area is 136 Å². The van der Waals surface area contributed by atoms with Crippen LogP contribution in [0.1, 0.15) is 13.8 Å². The van der Waals surface area contributed by atoms with Crippen LogP contribution in [-0.4, -0.2) is 32.0 Å². The van der Waals surface area contributed by atoms with E-state index in [1.54, 1.807) is 24.3 Å². The standard InChI is InChI=1S/C16H22N4O3/c1-3-22-15(23-4-2)11-19-10-12(9-17)16(21)20-14-7-5-13(18)6-8-14/h5-8,10,15,19H,3-4,11,18H2,1-2H3,(H,20,21)/b12-10-. The molecule has 0 saturated heterocycles. The molecule has 0 fully saturated rings. The molecule has 0 bridgehead atoms. The maximum atomic E-state index is 12.0. The Morgan fingerprint density at radius 1 is 1.30 bits per heavy atom. The van der Waals surface area contributed by atoms with Crippen LogP contribution in [0.5, 0.6) is 0 Å². The molecule has 0 radical (unpaired) electrons. The Kier molecular flexibility index (Phi) is 8.21. The summed E-state index contributed by atoms with van der Waals surface area (Å²) in [6, 6.07) is 8.51. The van der Waals surface area contributed by atoms with Crippen LogP contribution in [0.25, 0.3) is 0 Å². The number of benzene rings is 1. The summed E-state index contributed by atoms with van der Waals surface area (Å²) in [6.07, 6.45) is 0.916. The average molecular weight is 318 g/mol. The molecule has 0 aromatic heterocycles. The van der Waals surface area contributed by atoms with Crippen LogP contribution in [0.15, 0.2) is 36.0 Å². The van der Waals surface area contributed by atoms with Crippen molar-refractivity contribution in [2.75, 3.05) is 30.8 Å². The van der Waals surface area contributed by atoms with Crippen LogP contribution >= 0.6 is 0 Å². The van der Waals surface area contributed by atoms with Gasteiger partial charge in [-0.25, -0.2) is 0 Å². The fraction of sp³-hybridized carbons (Fsp3) is 0.375. The minimum Gasteiger partial charge on any atom is -0.399 e. The molecule has 0 saturated carbocycles. The van der Waals surface area contributed by atoms with E-state index in [1.165, 1.54) is 6.20 Å². The number of hydrogen-bond acceptors (Lipinski definition) is 6. The normalized spacial score (nSPS) is 11.1. The number of nitrogen functional groups attached to an aromatic ring is 1. The van der Waals surface area contributed by atoms with Crippen molar-refractivity contribution in [2.24, 2.45) is 0 Å². The van der Waals surface area contributed by atoms with Crippen molar-refractivity contribution in [1.82, 2.24) is 5.32 Å². The number of carbonyl (C=O) groups is 1. The summed E-state index contributed by atoms with van der Waals surface area (Å²) < 4.78 is 10.7. The highest BCUT2D eigenvalue weighted by Crippen LogP contribution is 2.11. The predicted octanol–water partition coefficient (Wildman–Crippen LogP) is 1.60. The lowest BCUT2D eigenvalue weighted by Crippen LogP contribution is -2.29. The Bertz CT molecular complexity index is 558. The first-order valence-electron chi connectivity index (χ1n) is 7.34. The van der Waals surface area contributed by atoms with Gasteiger partial charge in [0.05, 0.1) is 6.54 Å². The highest BCUT2D eigenvalue weighted by Gasteiger charge is 2.10. The zero-order valence-corrected chi connectivity index (χ0v) is 13.3. The summed E-state index contributed by atoms with van der Waals surface area (Å²) in [6.45, 7) is 5.09. The van der Waals surface area contributed by atoms with Gasteiger partial charge in [0.15, 0.2) is 6.29 Å². The van der Waals surface area contributed by atoms with Gasteiger partial charge in [-0.15, -0.1) is 0 Å². The molecule has 0 aliphatic rings. The first-order chi connectivity index (χ1) is 11.1. The Balaban J connectivity index is 2.58. The molecule has 1 aromatic carbocycles. The molecule has 4 N–H and O–H groups in total. The van der Waals surface area contributed by atoms with E-state index >= 15 is 0 Å². The molecule has 7 nitrogen and oxygen atoms in total. The molecule has 0 aliphatic heterocycles. The van der Waals surface area contributed by atoms with E-state index in [-0.39, 0.29) is 5.57 Å². The molecule has 7 heteroatoms. The minimum absolute atomic E-state index is 0.0476. The number of carbonyl (C=O) groups excluding carboxylic acids is 1. The summed E-state index contributed by atoms with van der Waals surface area (Å²) >= 11 is 0. The Morgan fingerprint density at radius 3 is 2.43 bits per heavy atom. The number of nitriles is 1. The predicted molar refractivity (Wildman–Crippen MR) is 88.2 cm³/mol. The third-order valence-electron chi connectivity index (χ3n) is 2.77. The third kappa shape index (κ3) is 6.82. The summed E-state index contributed by atoms with van der Waals surface area (Å²) in [5.41, 5.74) is 6.69. The number of nitrogens with zero attached hydrogens (tertiary/aromatic N) is 1. The fourth-order valence-corrected chi connectivity index (χ4v) is 1.71. The number of nitrogens with two attached hydrogens (primary N) is 1. The SMILES string of the molecule is CCOC(CN/C=C(/C#N)C(=O)Nc1ccc(N)cc1)OCC. The van der Waals surface area contributed by atoms with Gasteiger partial charge in [-0.1, -0.05) is 0 Å². The number of nitrogens with one attached hydrogen (secondary N) is 2. The average Bonchev–Trinajstić information content (AvgIpc) is 2.54. The van der Waals surface area contributed by atoms with Crippen LogP contribution in [0.2, 0.25) is 0 Å². The second kappa shape index (κ2) is 10.2. The van der Waals surface area contributed by atoms with E-state index < -0.39 is 12.2 Å². The molecular weight excluding hydrogens is 296 g/mol. The second-order valence-electron chi connectivity index (χ2n) is 4.49. The number of rotatable bonds is 9. The molecule has 0 aliphatic carbocycles. The van der Waals surface area contributed by atoms with E-state index in [0.29, 0.717) is 31.1 Å². The van der Waals surface area contributed by atoms with Crippen molar-refractivity contribution in [2.45, 2.75) is 20.1 Å².